The molecule has 0 N–H and O–H groups in total. The predicted molar refractivity (Wildman–Crippen MR) is 56.4 cm³/mol. The van der Waals surface area contributed by atoms with Gasteiger partial charge in [0.15, 0.2) is 0 Å². The third-order valence-electron chi connectivity index (χ3n) is 2.34. The molecular formula is C10H15N3O2. The van der Waals surface area contributed by atoms with Gasteiger partial charge in [0.2, 0.25) is 0 Å². The normalized spacial score (nSPS) is 16.5. The second-order valence-electron chi connectivity index (χ2n) is 3.45. The molecule has 0 radical (unpaired) electrons. The van der Waals surface area contributed by atoms with Crippen LogP contribution in [0.4, 0.5) is 5.82 Å². The Hall–Kier alpha value is -1.36. The van der Waals surface area contributed by atoms with Gasteiger partial charge in [0.05, 0.1) is 20.3 Å². The van der Waals surface area contributed by atoms with Crippen molar-refractivity contribution in [2.75, 3.05) is 38.3 Å². The van der Waals surface area contributed by atoms with Crippen molar-refractivity contribution in [3.05, 3.63) is 11.8 Å². The van der Waals surface area contributed by atoms with Crippen LogP contribution in [0.3, 0.4) is 0 Å². The fourth-order valence-corrected chi connectivity index (χ4v) is 1.57. The van der Waals surface area contributed by atoms with Crippen LogP contribution in [0, 0.1) is 6.92 Å². The lowest BCUT2D eigenvalue weighted by Gasteiger charge is -2.27. The number of aryl methyl sites for hydroxylation is 1. The van der Waals surface area contributed by atoms with Gasteiger partial charge in [-0.05, 0) is 6.92 Å². The molecule has 0 aromatic carbocycles. The van der Waals surface area contributed by atoms with E-state index in [1.54, 1.807) is 7.11 Å². The molecule has 0 spiro atoms. The van der Waals surface area contributed by atoms with E-state index in [1.807, 2.05) is 13.0 Å². The van der Waals surface area contributed by atoms with Crippen LogP contribution in [0.25, 0.3) is 0 Å². The first-order valence-electron chi connectivity index (χ1n) is 5.02. The van der Waals surface area contributed by atoms with Crippen LogP contribution < -0.4 is 9.64 Å². The Balaban J connectivity index is 2.22. The highest BCUT2D eigenvalue weighted by molar-refractivity contribution is 5.40. The summed E-state index contributed by atoms with van der Waals surface area (Å²) in [6, 6.07) is 2.39. The Labute approximate surface area is 89.0 Å². The van der Waals surface area contributed by atoms with E-state index < -0.39 is 0 Å². The second-order valence-corrected chi connectivity index (χ2v) is 3.45. The summed E-state index contributed by atoms with van der Waals surface area (Å²) in [5.41, 5.74) is 0.920. The first-order chi connectivity index (χ1) is 7.29. The zero-order valence-electron chi connectivity index (χ0n) is 9.06. The molecule has 5 nitrogen and oxygen atoms in total. The number of rotatable bonds is 2. The fourth-order valence-electron chi connectivity index (χ4n) is 1.57. The highest BCUT2D eigenvalue weighted by Gasteiger charge is 2.13. The largest absolute Gasteiger partial charge is 0.467 e. The minimum Gasteiger partial charge on any atom is -0.467 e. The summed E-state index contributed by atoms with van der Waals surface area (Å²) in [7, 11) is 1.58. The maximum absolute atomic E-state index is 5.29. The summed E-state index contributed by atoms with van der Waals surface area (Å²) in [4.78, 5) is 10.6. The van der Waals surface area contributed by atoms with Crippen molar-refractivity contribution in [2.24, 2.45) is 0 Å². The van der Waals surface area contributed by atoms with Crippen LogP contribution in [0.2, 0.25) is 0 Å². The summed E-state index contributed by atoms with van der Waals surface area (Å²) < 4.78 is 10.3. The van der Waals surface area contributed by atoms with Crippen molar-refractivity contribution in [1.82, 2.24) is 9.97 Å². The van der Waals surface area contributed by atoms with Crippen LogP contribution >= 0.6 is 0 Å². The molecule has 0 unspecified atom stereocenters. The van der Waals surface area contributed by atoms with Gasteiger partial charge in [-0.1, -0.05) is 0 Å². The highest BCUT2D eigenvalue weighted by atomic mass is 16.5. The van der Waals surface area contributed by atoms with Crippen LogP contribution in [0.5, 0.6) is 6.01 Å². The molecule has 2 heterocycles. The van der Waals surface area contributed by atoms with E-state index >= 15 is 0 Å². The van der Waals surface area contributed by atoms with Crippen molar-refractivity contribution in [2.45, 2.75) is 6.92 Å². The topological polar surface area (TPSA) is 47.5 Å². The van der Waals surface area contributed by atoms with Gasteiger partial charge in [-0.2, -0.15) is 4.98 Å². The van der Waals surface area contributed by atoms with Gasteiger partial charge in [-0.3, -0.25) is 0 Å². The molecule has 1 aliphatic rings. The number of methoxy groups -OCH3 is 1. The number of nitrogens with zero attached hydrogens (tertiary/aromatic N) is 3. The van der Waals surface area contributed by atoms with Crippen molar-refractivity contribution >= 4 is 5.82 Å². The molecular weight excluding hydrogens is 194 g/mol. The summed E-state index contributed by atoms with van der Waals surface area (Å²) in [5.74, 6) is 0.919. The second kappa shape index (κ2) is 4.44. The number of anilines is 1. The van der Waals surface area contributed by atoms with Gasteiger partial charge in [0.25, 0.3) is 0 Å². The molecule has 0 aliphatic carbocycles. The third kappa shape index (κ3) is 2.36. The summed E-state index contributed by atoms with van der Waals surface area (Å²) >= 11 is 0. The molecule has 1 aliphatic heterocycles. The zero-order valence-corrected chi connectivity index (χ0v) is 9.06. The zero-order chi connectivity index (χ0) is 10.7. The van der Waals surface area contributed by atoms with E-state index in [0.717, 1.165) is 37.8 Å². The van der Waals surface area contributed by atoms with Crippen LogP contribution in [-0.2, 0) is 4.74 Å². The number of morpholine rings is 1. The average molecular weight is 209 g/mol. The van der Waals surface area contributed by atoms with Gasteiger partial charge < -0.3 is 14.4 Å². The molecule has 5 heteroatoms. The molecule has 82 valence electrons. The number of hydrogen-bond donors (Lipinski definition) is 0. The molecule has 2 rings (SSSR count). The lowest BCUT2D eigenvalue weighted by atomic mass is 10.3. The molecule has 1 aromatic rings. The van der Waals surface area contributed by atoms with Crippen molar-refractivity contribution in [1.29, 1.82) is 0 Å². The molecule has 1 aromatic heterocycles. The first kappa shape index (κ1) is 10.2. The Morgan fingerprint density at radius 1 is 1.33 bits per heavy atom. The van der Waals surface area contributed by atoms with E-state index in [-0.39, 0.29) is 0 Å². The predicted octanol–water partition coefficient (Wildman–Crippen LogP) is 0.630. The lowest BCUT2D eigenvalue weighted by Crippen LogP contribution is -2.36. The standard InChI is InChI=1S/C10H15N3O2/c1-8-7-9(12-10(11-8)14-2)13-3-5-15-6-4-13/h7H,3-6H2,1-2H3. The molecule has 1 saturated heterocycles. The van der Waals surface area contributed by atoms with E-state index in [0.29, 0.717) is 6.01 Å². The van der Waals surface area contributed by atoms with Crippen LogP contribution in [0.15, 0.2) is 6.07 Å². The Morgan fingerprint density at radius 2 is 2.07 bits per heavy atom. The van der Waals surface area contributed by atoms with Crippen molar-refractivity contribution in [3.8, 4) is 6.01 Å². The third-order valence-corrected chi connectivity index (χ3v) is 2.34. The molecule has 0 bridgehead atoms. The SMILES string of the molecule is COc1nc(C)cc(N2CCOCC2)n1. The smallest absolute Gasteiger partial charge is 0.318 e. The summed E-state index contributed by atoms with van der Waals surface area (Å²) in [6.07, 6.45) is 0. The van der Waals surface area contributed by atoms with Crippen molar-refractivity contribution < 1.29 is 9.47 Å². The summed E-state index contributed by atoms with van der Waals surface area (Å²) in [5, 5.41) is 0. The maximum Gasteiger partial charge on any atom is 0.318 e. The van der Waals surface area contributed by atoms with Gasteiger partial charge >= 0.3 is 6.01 Å². The fraction of sp³-hybridized carbons (Fsp3) is 0.600. The molecule has 0 amide bonds. The number of aromatic nitrogens is 2. The van der Waals surface area contributed by atoms with E-state index in [4.69, 9.17) is 9.47 Å². The quantitative estimate of drug-likeness (QED) is 0.715. The van der Waals surface area contributed by atoms with Gasteiger partial charge in [0.1, 0.15) is 5.82 Å². The number of hydrogen-bond acceptors (Lipinski definition) is 5. The first-order valence-corrected chi connectivity index (χ1v) is 5.02. The van der Waals surface area contributed by atoms with E-state index in [2.05, 4.69) is 14.9 Å². The molecule has 15 heavy (non-hydrogen) atoms. The average Bonchev–Trinajstić information content (AvgIpc) is 2.29. The van der Waals surface area contributed by atoms with Gasteiger partial charge in [-0.15, -0.1) is 0 Å². The summed E-state index contributed by atoms with van der Waals surface area (Å²) in [6.45, 7) is 5.20. The Bertz CT molecular complexity index is 337. The van der Waals surface area contributed by atoms with Gasteiger partial charge in [0, 0.05) is 24.8 Å². The minimum absolute atomic E-state index is 0.427. The highest BCUT2D eigenvalue weighted by Crippen LogP contribution is 2.16. The van der Waals surface area contributed by atoms with Crippen molar-refractivity contribution in [3.63, 3.8) is 0 Å². The maximum atomic E-state index is 5.29. The Kier molecular flexibility index (Phi) is 3.01. The van der Waals surface area contributed by atoms with E-state index in [1.165, 1.54) is 0 Å². The minimum atomic E-state index is 0.427. The lowest BCUT2D eigenvalue weighted by molar-refractivity contribution is 0.122. The van der Waals surface area contributed by atoms with Crippen LogP contribution in [-0.4, -0.2) is 43.4 Å². The molecule has 1 fully saturated rings. The molecule has 0 saturated carbocycles. The van der Waals surface area contributed by atoms with Gasteiger partial charge in [-0.25, -0.2) is 4.98 Å². The monoisotopic (exact) mass is 209 g/mol. The molecule has 0 atom stereocenters. The Morgan fingerprint density at radius 3 is 2.73 bits per heavy atom. The van der Waals surface area contributed by atoms with E-state index in [9.17, 15) is 0 Å². The number of ether oxygens (including phenoxy) is 2. The van der Waals surface area contributed by atoms with Crippen LogP contribution in [0.1, 0.15) is 5.69 Å².